The Morgan fingerprint density at radius 2 is 1.12 bits per heavy atom. The Kier molecular flexibility index (Phi) is 4.29. The van der Waals surface area contributed by atoms with E-state index in [4.69, 9.17) is 4.74 Å². The van der Waals surface area contributed by atoms with Crippen molar-refractivity contribution in [3.8, 4) is 23.0 Å². The minimum Gasteiger partial charge on any atom is -0.508 e. The fourth-order valence-corrected chi connectivity index (χ4v) is 2.80. The molecule has 0 bridgehead atoms. The lowest BCUT2D eigenvalue weighted by Crippen LogP contribution is -2.03. The first-order chi connectivity index (χ1) is 11.6. The highest BCUT2D eigenvalue weighted by atomic mass is 16.5. The zero-order valence-electron chi connectivity index (χ0n) is 13.2. The van der Waals surface area contributed by atoms with Crippen molar-refractivity contribution in [2.45, 2.75) is 5.92 Å². The van der Waals surface area contributed by atoms with Gasteiger partial charge in [0.25, 0.3) is 0 Å². The Balaban J connectivity index is 2.12. The molecule has 0 unspecified atom stereocenters. The van der Waals surface area contributed by atoms with Crippen LogP contribution in [0.5, 0.6) is 23.0 Å². The lowest BCUT2D eigenvalue weighted by atomic mass is 9.85. The van der Waals surface area contributed by atoms with Crippen molar-refractivity contribution in [2.24, 2.45) is 0 Å². The molecule has 0 atom stereocenters. The first-order valence-electron chi connectivity index (χ1n) is 7.53. The Hall–Kier alpha value is -3.14. The number of benzene rings is 3. The standard InChI is InChI=1S/C20H18O4/c1-24-19-11-6-15(12-18(19)23)20(13-2-7-16(21)8-3-13)14-4-9-17(22)10-5-14/h2-12,20-23H,1H3. The van der Waals surface area contributed by atoms with Gasteiger partial charge in [-0.15, -0.1) is 0 Å². The Labute approximate surface area is 140 Å². The van der Waals surface area contributed by atoms with Crippen LogP contribution in [0.1, 0.15) is 22.6 Å². The Bertz CT molecular complexity index is 778. The van der Waals surface area contributed by atoms with Gasteiger partial charge in [-0.2, -0.15) is 0 Å². The summed E-state index contributed by atoms with van der Waals surface area (Å²) in [6, 6.07) is 19.2. The first kappa shape index (κ1) is 15.7. The fraction of sp³-hybridized carbons (Fsp3) is 0.100. The van der Waals surface area contributed by atoms with Crippen molar-refractivity contribution in [3.05, 3.63) is 83.4 Å². The van der Waals surface area contributed by atoms with Crippen LogP contribution in [-0.4, -0.2) is 22.4 Å². The minimum atomic E-state index is -0.150. The minimum absolute atomic E-state index is 0.0672. The van der Waals surface area contributed by atoms with Crippen LogP contribution in [0.4, 0.5) is 0 Å². The lowest BCUT2D eigenvalue weighted by molar-refractivity contribution is 0.373. The van der Waals surface area contributed by atoms with Crippen molar-refractivity contribution >= 4 is 0 Å². The average molecular weight is 322 g/mol. The third-order valence-corrected chi connectivity index (χ3v) is 3.99. The first-order valence-corrected chi connectivity index (χ1v) is 7.53. The zero-order chi connectivity index (χ0) is 17.1. The molecule has 0 saturated heterocycles. The molecular weight excluding hydrogens is 304 g/mol. The van der Waals surface area contributed by atoms with E-state index in [0.29, 0.717) is 5.75 Å². The summed E-state index contributed by atoms with van der Waals surface area (Å²) < 4.78 is 5.11. The van der Waals surface area contributed by atoms with E-state index in [9.17, 15) is 15.3 Å². The topological polar surface area (TPSA) is 69.9 Å². The van der Waals surface area contributed by atoms with Crippen molar-refractivity contribution in [2.75, 3.05) is 7.11 Å². The smallest absolute Gasteiger partial charge is 0.160 e. The van der Waals surface area contributed by atoms with Crippen LogP contribution in [0.3, 0.4) is 0 Å². The van der Waals surface area contributed by atoms with Gasteiger partial charge in [0.1, 0.15) is 11.5 Å². The van der Waals surface area contributed by atoms with Crippen molar-refractivity contribution < 1.29 is 20.1 Å². The van der Waals surface area contributed by atoms with Gasteiger partial charge in [-0.3, -0.25) is 0 Å². The number of phenols is 3. The average Bonchev–Trinajstić information content (AvgIpc) is 2.59. The molecule has 0 fully saturated rings. The predicted molar refractivity (Wildman–Crippen MR) is 91.8 cm³/mol. The van der Waals surface area contributed by atoms with Gasteiger partial charge < -0.3 is 20.1 Å². The molecule has 4 nitrogen and oxygen atoms in total. The van der Waals surface area contributed by atoms with Crippen LogP contribution in [-0.2, 0) is 0 Å². The second-order valence-corrected chi connectivity index (χ2v) is 5.55. The molecule has 0 aliphatic rings. The van der Waals surface area contributed by atoms with Crippen LogP contribution in [0.25, 0.3) is 0 Å². The largest absolute Gasteiger partial charge is 0.508 e. The monoisotopic (exact) mass is 322 g/mol. The maximum Gasteiger partial charge on any atom is 0.160 e. The summed E-state index contributed by atoms with van der Waals surface area (Å²) in [5.41, 5.74) is 2.80. The molecule has 0 saturated carbocycles. The molecule has 0 radical (unpaired) electrons. The van der Waals surface area contributed by atoms with E-state index in [-0.39, 0.29) is 23.2 Å². The summed E-state index contributed by atoms with van der Waals surface area (Å²) in [6.45, 7) is 0. The predicted octanol–water partition coefficient (Wildman–Crippen LogP) is 3.99. The quantitative estimate of drug-likeness (QED) is 0.635. The third kappa shape index (κ3) is 3.13. The van der Waals surface area contributed by atoms with Gasteiger partial charge in [-0.25, -0.2) is 0 Å². The van der Waals surface area contributed by atoms with E-state index in [1.807, 2.05) is 30.3 Å². The van der Waals surface area contributed by atoms with Crippen molar-refractivity contribution in [3.63, 3.8) is 0 Å². The van der Waals surface area contributed by atoms with Crippen molar-refractivity contribution in [1.29, 1.82) is 0 Å². The Morgan fingerprint density at radius 3 is 1.54 bits per heavy atom. The molecule has 24 heavy (non-hydrogen) atoms. The highest BCUT2D eigenvalue weighted by Gasteiger charge is 2.18. The molecule has 122 valence electrons. The maximum absolute atomic E-state index is 10.1. The maximum atomic E-state index is 10.1. The molecule has 0 aliphatic carbocycles. The molecule has 0 aromatic heterocycles. The van der Waals surface area contributed by atoms with Gasteiger partial charge in [0.15, 0.2) is 11.5 Å². The van der Waals surface area contributed by atoms with Crippen LogP contribution in [0.2, 0.25) is 0 Å². The molecule has 0 heterocycles. The normalized spacial score (nSPS) is 10.8. The van der Waals surface area contributed by atoms with E-state index in [0.717, 1.165) is 16.7 Å². The summed E-state index contributed by atoms with van der Waals surface area (Å²) >= 11 is 0. The van der Waals surface area contributed by atoms with E-state index in [1.54, 1.807) is 36.4 Å². The van der Waals surface area contributed by atoms with Gasteiger partial charge >= 0.3 is 0 Å². The highest BCUT2D eigenvalue weighted by Crippen LogP contribution is 2.37. The molecule has 0 amide bonds. The van der Waals surface area contributed by atoms with Crippen molar-refractivity contribution in [1.82, 2.24) is 0 Å². The summed E-state index contributed by atoms with van der Waals surface area (Å²) in [6.07, 6.45) is 0. The summed E-state index contributed by atoms with van der Waals surface area (Å²) in [7, 11) is 1.51. The van der Waals surface area contributed by atoms with E-state index >= 15 is 0 Å². The second kappa shape index (κ2) is 6.54. The fourth-order valence-electron chi connectivity index (χ4n) is 2.80. The molecule has 3 N–H and O–H groups in total. The number of ether oxygens (including phenoxy) is 1. The lowest BCUT2D eigenvalue weighted by Gasteiger charge is -2.20. The van der Waals surface area contributed by atoms with Gasteiger partial charge in [0.05, 0.1) is 7.11 Å². The molecule has 3 aromatic carbocycles. The zero-order valence-corrected chi connectivity index (χ0v) is 13.2. The molecule has 4 heteroatoms. The molecular formula is C20H18O4. The molecule has 3 rings (SSSR count). The summed E-state index contributed by atoms with van der Waals surface area (Å²) in [5.74, 6) is 0.719. The Morgan fingerprint density at radius 1 is 0.667 bits per heavy atom. The molecule has 0 aliphatic heterocycles. The molecule has 0 spiro atoms. The van der Waals surface area contributed by atoms with E-state index < -0.39 is 0 Å². The molecule has 3 aromatic rings. The number of phenolic OH excluding ortho intramolecular Hbond substituents is 3. The van der Waals surface area contributed by atoms with Crippen LogP contribution in [0.15, 0.2) is 66.7 Å². The second-order valence-electron chi connectivity index (χ2n) is 5.55. The van der Waals surface area contributed by atoms with Gasteiger partial charge in [0, 0.05) is 5.92 Å². The van der Waals surface area contributed by atoms with E-state index in [2.05, 4.69) is 0 Å². The number of hydrogen-bond donors (Lipinski definition) is 3. The number of rotatable bonds is 4. The number of aromatic hydroxyl groups is 3. The van der Waals surface area contributed by atoms with Crippen LogP contribution >= 0.6 is 0 Å². The number of methoxy groups -OCH3 is 1. The summed E-state index contributed by atoms with van der Waals surface area (Å²) in [5, 5.41) is 29.2. The van der Waals surface area contributed by atoms with Crippen LogP contribution in [0, 0.1) is 0 Å². The highest BCUT2D eigenvalue weighted by molar-refractivity contribution is 5.50. The third-order valence-electron chi connectivity index (χ3n) is 3.99. The van der Waals surface area contributed by atoms with Crippen LogP contribution < -0.4 is 4.74 Å². The summed E-state index contributed by atoms with van der Waals surface area (Å²) in [4.78, 5) is 0. The van der Waals surface area contributed by atoms with E-state index in [1.165, 1.54) is 7.11 Å². The van der Waals surface area contributed by atoms with Gasteiger partial charge in [0.2, 0.25) is 0 Å². The number of hydrogen-bond acceptors (Lipinski definition) is 4. The SMILES string of the molecule is COc1ccc(C(c2ccc(O)cc2)c2ccc(O)cc2)cc1O. The van der Waals surface area contributed by atoms with Gasteiger partial charge in [-0.1, -0.05) is 30.3 Å². The van der Waals surface area contributed by atoms with Gasteiger partial charge in [-0.05, 0) is 53.1 Å².